The van der Waals surface area contributed by atoms with Gasteiger partial charge in [0.2, 0.25) is 0 Å². The molecular weight excluding hydrogens is 390 g/mol. The Morgan fingerprint density at radius 3 is 2.84 bits per heavy atom. The first-order chi connectivity index (χ1) is 15.2. The van der Waals surface area contributed by atoms with Gasteiger partial charge in [-0.2, -0.15) is 4.98 Å². The summed E-state index contributed by atoms with van der Waals surface area (Å²) >= 11 is 0. The largest absolute Gasteiger partial charge is 0.372 e. The van der Waals surface area contributed by atoms with Crippen LogP contribution >= 0.6 is 0 Å². The van der Waals surface area contributed by atoms with Crippen molar-refractivity contribution in [3.8, 4) is 11.6 Å². The lowest BCUT2D eigenvalue weighted by Gasteiger charge is -2.22. The lowest BCUT2D eigenvalue weighted by Crippen LogP contribution is -2.39. The summed E-state index contributed by atoms with van der Waals surface area (Å²) in [5, 5.41) is 10.8. The molecule has 1 aromatic carbocycles. The smallest absolute Gasteiger partial charge is 0.276 e. The summed E-state index contributed by atoms with van der Waals surface area (Å²) in [6, 6.07) is 14.5. The number of anilines is 1. The second-order valence-corrected chi connectivity index (χ2v) is 7.63. The van der Waals surface area contributed by atoms with E-state index in [1.807, 2.05) is 18.2 Å². The number of hydrogen-bond acceptors (Lipinski definition) is 6. The number of nitrogens with zero attached hydrogens (tertiary/aromatic N) is 5. The summed E-state index contributed by atoms with van der Waals surface area (Å²) in [4.78, 5) is 15.4. The van der Waals surface area contributed by atoms with E-state index in [1.165, 1.54) is 24.1 Å². The summed E-state index contributed by atoms with van der Waals surface area (Å²) in [5.41, 5.74) is 3.22. The molecule has 1 unspecified atom stereocenters. The van der Waals surface area contributed by atoms with E-state index in [9.17, 15) is 0 Å². The first-order valence-corrected chi connectivity index (χ1v) is 10.8. The Balaban J connectivity index is 1.29. The van der Waals surface area contributed by atoms with Gasteiger partial charge in [-0.15, -0.1) is 0 Å². The molecule has 3 heterocycles. The highest BCUT2D eigenvalue weighted by Crippen LogP contribution is 2.24. The fraction of sp³-hybridized carbons (Fsp3) is 0.391. The average Bonchev–Trinajstić information content (AvgIpc) is 3.52. The standard InChI is InChI=1S/C23H29N7O/c1-17(18-8-7-9-19(16-18)30-14-5-6-15-30)27-23(24-2)26-13-11-21-28-22(31-29-21)20-10-3-4-12-25-20/h3-4,7-10,12,16-17H,5-6,11,13-15H2,1-2H3,(H2,24,26,27). The molecule has 4 rings (SSSR count). The molecule has 0 saturated carbocycles. The van der Waals surface area contributed by atoms with Crippen LogP contribution in [-0.2, 0) is 6.42 Å². The Labute approximate surface area is 182 Å². The van der Waals surface area contributed by atoms with Crippen LogP contribution in [0.4, 0.5) is 5.69 Å². The van der Waals surface area contributed by atoms with Crippen molar-refractivity contribution in [1.82, 2.24) is 25.8 Å². The first kappa shape index (κ1) is 20.8. The SMILES string of the molecule is CN=C(NCCc1noc(-c2ccccn2)n1)NC(C)c1cccc(N2CCCC2)c1. The van der Waals surface area contributed by atoms with Crippen LogP contribution in [-0.4, -0.2) is 47.8 Å². The van der Waals surface area contributed by atoms with E-state index < -0.39 is 0 Å². The zero-order chi connectivity index (χ0) is 21.5. The summed E-state index contributed by atoms with van der Waals surface area (Å²) in [7, 11) is 1.77. The first-order valence-electron chi connectivity index (χ1n) is 10.8. The van der Waals surface area contributed by atoms with Crippen LogP contribution < -0.4 is 15.5 Å². The van der Waals surface area contributed by atoms with Gasteiger partial charge in [-0.05, 0) is 49.6 Å². The fourth-order valence-electron chi connectivity index (χ4n) is 3.69. The number of nitrogens with one attached hydrogen (secondary N) is 2. The van der Waals surface area contributed by atoms with Crippen molar-refractivity contribution < 1.29 is 4.52 Å². The minimum absolute atomic E-state index is 0.134. The maximum Gasteiger partial charge on any atom is 0.276 e. The van der Waals surface area contributed by atoms with E-state index in [0.717, 1.165) is 19.0 Å². The van der Waals surface area contributed by atoms with Crippen LogP contribution in [0.1, 0.15) is 37.2 Å². The van der Waals surface area contributed by atoms with E-state index >= 15 is 0 Å². The van der Waals surface area contributed by atoms with E-state index in [4.69, 9.17) is 4.52 Å². The van der Waals surface area contributed by atoms with Gasteiger partial charge in [-0.25, -0.2) is 0 Å². The Hall–Kier alpha value is -3.42. The van der Waals surface area contributed by atoms with Gasteiger partial charge in [-0.3, -0.25) is 9.98 Å². The second-order valence-electron chi connectivity index (χ2n) is 7.63. The molecular formula is C23H29N7O. The lowest BCUT2D eigenvalue weighted by molar-refractivity contribution is 0.421. The molecule has 0 aliphatic carbocycles. The molecule has 1 atom stereocenters. The number of benzene rings is 1. The summed E-state index contributed by atoms with van der Waals surface area (Å²) < 4.78 is 5.31. The molecule has 8 heteroatoms. The fourth-order valence-corrected chi connectivity index (χ4v) is 3.69. The van der Waals surface area contributed by atoms with Crippen molar-refractivity contribution >= 4 is 11.6 Å². The van der Waals surface area contributed by atoms with Crippen LogP contribution in [0.15, 0.2) is 58.2 Å². The van der Waals surface area contributed by atoms with Crippen molar-refractivity contribution in [1.29, 1.82) is 0 Å². The van der Waals surface area contributed by atoms with Crippen molar-refractivity contribution in [3.63, 3.8) is 0 Å². The molecule has 1 aliphatic heterocycles. The van der Waals surface area contributed by atoms with Crippen LogP contribution in [0.2, 0.25) is 0 Å². The van der Waals surface area contributed by atoms with Crippen molar-refractivity contribution in [2.45, 2.75) is 32.2 Å². The number of aromatic nitrogens is 3. The molecule has 1 fully saturated rings. The maximum atomic E-state index is 5.31. The van der Waals surface area contributed by atoms with Gasteiger partial charge in [-0.1, -0.05) is 23.4 Å². The van der Waals surface area contributed by atoms with Crippen LogP contribution in [0.3, 0.4) is 0 Å². The molecule has 0 bridgehead atoms. The molecule has 1 aliphatic rings. The number of guanidine groups is 1. The third-order valence-corrected chi connectivity index (χ3v) is 5.41. The number of pyridine rings is 1. The maximum absolute atomic E-state index is 5.31. The molecule has 31 heavy (non-hydrogen) atoms. The minimum atomic E-state index is 0.134. The van der Waals surface area contributed by atoms with Crippen LogP contribution in [0.25, 0.3) is 11.6 Å². The van der Waals surface area contributed by atoms with Crippen LogP contribution in [0.5, 0.6) is 0 Å². The third kappa shape index (κ3) is 5.39. The Morgan fingerprint density at radius 2 is 2.06 bits per heavy atom. The Morgan fingerprint density at radius 1 is 1.19 bits per heavy atom. The molecule has 2 aromatic heterocycles. The van der Waals surface area contributed by atoms with Gasteiger partial charge in [0.05, 0.1) is 6.04 Å². The number of rotatable bonds is 7. The molecule has 8 nitrogen and oxygen atoms in total. The predicted molar refractivity (Wildman–Crippen MR) is 122 cm³/mol. The van der Waals surface area contributed by atoms with E-state index in [-0.39, 0.29) is 6.04 Å². The minimum Gasteiger partial charge on any atom is -0.372 e. The normalized spacial score (nSPS) is 15.2. The third-order valence-electron chi connectivity index (χ3n) is 5.41. The highest BCUT2D eigenvalue weighted by atomic mass is 16.5. The van der Waals surface area contributed by atoms with Crippen molar-refractivity contribution in [3.05, 3.63) is 60.0 Å². The highest BCUT2D eigenvalue weighted by molar-refractivity contribution is 5.80. The van der Waals surface area contributed by atoms with Gasteiger partial charge in [0.25, 0.3) is 5.89 Å². The Bertz CT molecular complexity index is 996. The van der Waals surface area contributed by atoms with E-state index in [1.54, 1.807) is 13.2 Å². The van der Waals surface area contributed by atoms with E-state index in [2.05, 4.69) is 66.8 Å². The van der Waals surface area contributed by atoms with Crippen molar-refractivity contribution in [2.75, 3.05) is 31.6 Å². The Kier molecular flexibility index (Phi) is 6.76. The average molecular weight is 420 g/mol. The van der Waals surface area contributed by atoms with Gasteiger partial charge in [0.15, 0.2) is 11.8 Å². The summed E-state index contributed by atoms with van der Waals surface area (Å²) in [5.74, 6) is 1.81. The summed E-state index contributed by atoms with van der Waals surface area (Å²) in [6.07, 6.45) is 4.88. The predicted octanol–water partition coefficient (Wildman–Crippen LogP) is 3.20. The molecule has 0 amide bonds. The lowest BCUT2D eigenvalue weighted by atomic mass is 10.1. The quantitative estimate of drug-likeness (QED) is 0.449. The molecule has 1 saturated heterocycles. The zero-order valence-electron chi connectivity index (χ0n) is 18.1. The number of hydrogen-bond donors (Lipinski definition) is 2. The molecule has 162 valence electrons. The van der Waals surface area contributed by atoms with Gasteiger partial charge in [0, 0.05) is 45.0 Å². The molecule has 2 N–H and O–H groups in total. The topological polar surface area (TPSA) is 91.5 Å². The summed E-state index contributed by atoms with van der Waals surface area (Å²) in [6.45, 7) is 5.08. The molecule has 0 spiro atoms. The number of aliphatic imine (C=N–C) groups is 1. The van der Waals surface area contributed by atoms with E-state index in [0.29, 0.717) is 30.4 Å². The monoisotopic (exact) mass is 419 g/mol. The highest BCUT2D eigenvalue weighted by Gasteiger charge is 2.15. The van der Waals surface area contributed by atoms with Gasteiger partial charge in [0.1, 0.15) is 5.69 Å². The zero-order valence-corrected chi connectivity index (χ0v) is 18.1. The molecule has 0 radical (unpaired) electrons. The molecule has 3 aromatic rings. The van der Waals surface area contributed by atoms with Crippen LogP contribution in [0, 0.1) is 0 Å². The van der Waals surface area contributed by atoms with Crippen molar-refractivity contribution in [2.24, 2.45) is 4.99 Å². The van der Waals surface area contributed by atoms with Gasteiger partial charge < -0.3 is 20.1 Å². The second kappa shape index (κ2) is 10.1. The van der Waals surface area contributed by atoms with Gasteiger partial charge >= 0.3 is 0 Å².